The van der Waals surface area contributed by atoms with Gasteiger partial charge in [0.2, 0.25) is 0 Å². The summed E-state index contributed by atoms with van der Waals surface area (Å²) in [7, 11) is 0. The van der Waals surface area contributed by atoms with Gasteiger partial charge in [-0.2, -0.15) is 0 Å². The Balaban J connectivity index is 3.08. The first-order valence-corrected chi connectivity index (χ1v) is 8.30. The number of nitrogens with two attached hydrogens (primary N) is 1. The smallest absolute Gasteiger partial charge is 0.421 e. The molecule has 4 N–H and O–H groups in total. The molecule has 0 unspecified atom stereocenters. The summed E-state index contributed by atoms with van der Waals surface area (Å²) in [5.74, 6) is 4.89. The molecule has 126 valence electrons. The fourth-order valence-electron chi connectivity index (χ4n) is 2.17. The van der Waals surface area contributed by atoms with Gasteiger partial charge < -0.3 is 10.1 Å². The predicted octanol–water partition coefficient (Wildman–Crippen LogP) is 3.34. The number of nitrogens with one attached hydrogen (secondary N) is 2. The Morgan fingerprint density at radius 3 is 2.10 bits per heavy atom. The van der Waals surface area contributed by atoms with Gasteiger partial charge in [-0.15, -0.1) is 0 Å². The van der Waals surface area contributed by atoms with Crippen LogP contribution >= 0.6 is 0 Å². The Hall–Kier alpha value is -0.810. The SMILES string of the molecule is CC(C)(C)CCCCCCCCCNCCOC(=O)NN. The van der Waals surface area contributed by atoms with Crippen molar-refractivity contribution in [1.29, 1.82) is 0 Å². The quantitative estimate of drug-likeness (QED) is 0.224. The maximum atomic E-state index is 10.7. The van der Waals surface area contributed by atoms with Crippen LogP contribution in [0.3, 0.4) is 0 Å². The Labute approximate surface area is 130 Å². The lowest BCUT2D eigenvalue weighted by Gasteiger charge is -2.17. The summed E-state index contributed by atoms with van der Waals surface area (Å²) in [5, 5.41) is 3.25. The predicted molar refractivity (Wildman–Crippen MR) is 87.9 cm³/mol. The van der Waals surface area contributed by atoms with Crippen LogP contribution in [-0.2, 0) is 4.74 Å². The first-order chi connectivity index (χ1) is 9.95. The minimum atomic E-state index is -0.580. The van der Waals surface area contributed by atoms with E-state index in [1.165, 1.54) is 51.4 Å². The van der Waals surface area contributed by atoms with Crippen molar-refractivity contribution < 1.29 is 9.53 Å². The van der Waals surface area contributed by atoms with E-state index in [0.29, 0.717) is 18.6 Å². The van der Waals surface area contributed by atoms with Crippen LogP contribution in [0.2, 0.25) is 0 Å². The largest absolute Gasteiger partial charge is 0.447 e. The van der Waals surface area contributed by atoms with Crippen LogP contribution < -0.4 is 16.6 Å². The van der Waals surface area contributed by atoms with E-state index < -0.39 is 6.09 Å². The molecule has 0 saturated heterocycles. The number of carbonyl (C=O) groups excluding carboxylic acids is 1. The van der Waals surface area contributed by atoms with Gasteiger partial charge in [-0.25, -0.2) is 10.6 Å². The zero-order valence-corrected chi connectivity index (χ0v) is 14.2. The summed E-state index contributed by atoms with van der Waals surface area (Å²) < 4.78 is 4.76. The molecule has 21 heavy (non-hydrogen) atoms. The van der Waals surface area contributed by atoms with Gasteiger partial charge in [0.25, 0.3) is 0 Å². The van der Waals surface area contributed by atoms with Crippen molar-refractivity contribution >= 4 is 6.09 Å². The molecular weight excluding hydrogens is 266 g/mol. The molecule has 0 radical (unpaired) electrons. The Bertz CT molecular complexity index is 252. The number of rotatable bonds is 12. The molecule has 1 amide bonds. The van der Waals surface area contributed by atoms with Gasteiger partial charge in [-0.3, -0.25) is 5.43 Å². The second-order valence-electron chi connectivity index (χ2n) is 6.82. The van der Waals surface area contributed by atoms with Crippen LogP contribution in [0.15, 0.2) is 0 Å². The highest BCUT2D eigenvalue weighted by molar-refractivity contribution is 5.66. The zero-order chi connectivity index (χ0) is 16.0. The summed E-state index contributed by atoms with van der Waals surface area (Å²) >= 11 is 0. The number of hydrazine groups is 1. The van der Waals surface area contributed by atoms with Gasteiger partial charge in [-0.05, 0) is 24.8 Å². The van der Waals surface area contributed by atoms with E-state index >= 15 is 0 Å². The maximum absolute atomic E-state index is 10.7. The van der Waals surface area contributed by atoms with E-state index in [2.05, 4.69) is 26.1 Å². The summed E-state index contributed by atoms with van der Waals surface area (Å²) in [6.07, 6.45) is 9.99. The minimum Gasteiger partial charge on any atom is -0.447 e. The van der Waals surface area contributed by atoms with E-state index in [0.717, 1.165) is 6.54 Å². The van der Waals surface area contributed by atoms with Gasteiger partial charge >= 0.3 is 6.09 Å². The number of amides is 1. The van der Waals surface area contributed by atoms with Crippen molar-refractivity contribution in [2.45, 2.75) is 72.1 Å². The Morgan fingerprint density at radius 1 is 0.952 bits per heavy atom. The molecular formula is C16H35N3O2. The summed E-state index contributed by atoms with van der Waals surface area (Å²) in [6, 6.07) is 0. The molecule has 0 rings (SSSR count). The topological polar surface area (TPSA) is 76.4 Å². The van der Waals surface area contributed by atoms with Crippen molar-refractivity contribution in [2.24, 2.45) is 11.3 Å². The molecule has 0 aromatic carbocycles. The van der Waals surface area contributed by atoms with E-state index in [9.17, 15) is 4.79 Å². The number of ether oxygens (including phenoxy) is 1. The lowest BCUT2D eigenvalue weighted by molar-refractivity contribution is 0.147. The molecule has 0 aliphatic rings. The molecule has 0 aliphatic heterocycles. The molecule has 0 aromatic heterocycles. The summed E-state index contributed by atoms with van der Waals surface area (Å²) in [6.45, 7) is 8.96. The van der Waals surface area contributed by atoms with E-state index in [4.69, 9.17) is 10.6 Å². The lowest BCUT2D eigenvalue weighted by Crippen LogP contribution is -2.32. The molecule has 0 heterocycles. The van der Waals surface area contributed by atoms with Crippen molar-refractivity contribution in [1.82, 2.24) is 10.7 Å². The van der Waals surface area contributed by atoms with Gasteiger partial charge in [0.15, 0.2) is 0 Å². The standard InChI is InChI=1S/C16H35N3O2/c1-16(2,3)11-9-7-5-4-6-8-10-12-18-13-14-21-15(20)19-17/h18H,4-14,17H2,1-3H3,(H,19,20). The van der Waals surface area contributed by atoms with Gasteiger partial charge in [0, 0.05) is 6.54 Å². The lowest BCUT2D eigenvalue weighted by atomic mass is 9.89. The van der Waals surface area contributed by atoms with Crippen LogP contribution in [0, 0.1) is 5.41 Å². The molecule has 0 atom stereocenters. The normalized spacial score (nSPS) is 11.4. The number of unbranched alkanes of at least 4 members (excludes halogenated alkanes) is 6. The third-order valence-electron chi connectivity index (χ3n) is 3.41. The average molecular weight is 301 g/mol. The highest BCUT2D eigenvalue weighted by Gasteiger charge is 2.08. The van der Waals surface area contributed by atoms with Gasteiger partial charge in [0.05, 0.1) is 0 Å². The minimum absolute atomic E-state index is 0.358. The Kier molecular flexibility index (Phi) is 12.4. The van der Waals surface area contributed by atoms with E-state index in [1.807, 2.05) is 5.43 Å². The fraction of sp³-hybridized carbons (Fsp3) is 0.938. The summed E-state index contributed by atoms with van der Waals surface area (Å²) in [5.41, 5.74) is 2.41. The van der Waals surface area contributed by atoms with Crippen molar-refractivity contribution in [3.05, 3.63) is 0 Å². The molecule has 5 nitrogen and oxygen atoms in total. The van der Waals surface area contributed by atoms with Crippen LogP contribution in [0.4, 0.5) is 4.79 Å². The van der Waals surface area contributed by atoms with Crippen LogP contribution in [0.25, 0.3) is 0 Å². The van der Waals surface area contributed by atoms with Crippen LogP contribution in [-0.4, -0.2) is 25.8 Å². The van der Waals surface area contributed by atoms with Crippen LogP contribution in [0.5, 0.6) is 0 Å². The molecule has 0 fully saturated rings. The first kappa shape index (κ1) is 20.2. The second kappa shape index (κ2) is 12.9. The fourth-order valence-corrected chi connectivity index (χ4v) is 2.17. The molecule has 0 spiro atoms. The van der Waals surface area contributed by atoms with Gasteiger partial charge in [0.1, 0.15) is 6.61 Å². The maximum Gasteiger partial charge on any atom is 0.421 e. The molecule has 0 aromatic rings. The second-order valence-corrected chi connectivity index (χ2v) is 6.82. The molecule has 0 aliphatic carbocycles. The highest BCUT2D eigenvalue weighted by atomic mass is 16.5. The summed E-state index contributed by atoms with van der Waals surface area (Å²) in [4.78, 5) is 10.7. The third kappa shape index (κ3) is 17.1. The van der Waals surface area contributed by atoms with Crippen LogP contribution in [0.1, 0.15) is 72.1 Å². The Morgan fingerprint density at radius 2 is 1.52 bits per heavy atom. The first-order valence-electron chi connectivity index (χ1n) is 8.30. The van der Waals surface area contributed by atoms with Crippen molar-refractivity contribution in [3.63, 3.8) is 0 Å². The average Bonchev–Trinajstić information content (AvgIpc) is 2.42. The third-order valence-corrected chi connectivity index (χ3v) is 3.41. The zero-order valence-electron chi connectivity index (χ0n) is 14.2. The van der Waals surface area contributed by atoms with Crippen molar-refractivity contribution in [2.75, 3.05) is 19.7 Å². The number of hydrogen-bond acceptors (Lipinski definition) is 4. The highest BCUT2D eigenvalue weighted by Crippen LogP contribution is 2.22. The molecule has 5 heteroatoms. The van der Waals surface area contributed by atoms with E-state index in [-0.39, 0.29) is 0 Å². The van der Waals surface area contributed by atoms with Crippen molar-refractivity contribution in [3.8, 4) is 0 Å². The van der Waals surface area contributed by atoms with Gasteiger partial charge in [-0.1, -0.05) is 59.3 Å². The van der Waals surface area contributed by atoms with E-state index in [1.54, 1.807) is 0 Å². The molecule has 0 saturated carbocycles. The monoisotopic (exact) mass is 301 g/mol. The molecule has 0 bridgehead atoms. The number of hydrogen-bond donors (Lipinski definition) is 3. The number of carbonyl (C=O) groups is 1.